The smallest absolute Gasteiger partial charge is 0.152 e. The second-order valence-electron chi connectivity index (χ2n) is 5.62. The Hall–Kier alpha value is -1.20. The van der Waals surface area contributed by atoms with Crippen LogP contribution < -0.4 is 10.2 Å². The normalized spacial score (nSPS) is 18.5. The van der Waals surface area contributed by atoms with Gasteiger partial charge in [-0.25, -0.2) is 4.98 Å². The molecule has 114 valence electrons. The van der Waals surface area contributed by atoms with Gasteiger partial charge >= 0.3 is 0 Å². The van der Waals surface area contributed by atoms with E-state index < -0.39 is 0 Å². The second-order valence-corrected chi connectivity index (χ2v) is 6.77. The zero-order chi connectivity index (χ0) is 14.7. The Bertz CT molecular complexity index is 589. The van der Waals surface area contributed by atoms with Crippen LogP contribution in [0.5, 0.6) is 0 Å². The fourth-order valence-corrected chi connectivity index (χ4v) is 4.13. The molecule has 2 aromatic heterocycles. The van der Waals surface area contributed by atoms with Crippen molar-refractivity contribution in [1.82, 2.24) is 14.7 Å². The van der Waals surface area contributed by atoms with Gasteiger partial charge in [0.1, 0.15) is 5.65 Å². The van der Waals surface area contributed by atoms with E-state index in [9.17, 15) is 0 Å². The summed E-state index contributed by atoms with van der Waals surface area (Å²) < 4.78 is 2.22. The summed E-state index contributed by atoms with van der Waals surface area (Å²) in [7, 11) is 2.20. The SMILES string of the molecule is CCCNCc1c(N(C)C2CCSC2)nc2ccccn12. The Morgan fingerprint density at radius 1 is 1.48 bits per heavy atom. The van der Waals surface area contributed by atoms with Crippen LogP contribution in [-0.4, -0.2) is 40.5 Å². The molecule has 0 spiro atoms. The first-order valence-corrected chi connectivity index (χ1v) is 8.94. The van der Waals surface area contributed by atoms with Crippen LogP contribution in [0.15, 0.2) is 24.4 Å². The van der Waals surface area contributed by atoms with Crippen LogP contribution >= 0.6 is 11.8 Å². The van der Waals surface area contributed by atoms with Crippen molar-refractivity contribution in [1.29, 1.82) is 0 Å². The van der Waals surface area contributed by atoms with Gasteiger partial charge in [-0.2, -0.15) is 11.8 Å². The van der Waals surface area contributed by atoms with Crippen LogP contribution in [0, 0.1) is 0 Å². The summed E-state index contributed by atoms with van der Waals surface area (Å²) in [6.07, 6.45) is 4.53. The topological polar surface area (TPSA) is 32.6 Å². The average Bonchev–Trinajstić information content (AvgIpc) is 3.15. The Labute approximate surface area is 130 Å². The molecule has 0 radical (unpaired) electrons. The Morgan fingerprint density at radius 3 is 3.14 bits per heavy atom. The van der Waals surface area contributed by atoms with Crippen molar-refractivity contribution in [3.8, 4) is 0 Å². The zero-order valence-electron chi connectivity index (χ0n) is 12.9. The van der Waals surface area contributed by atoms with Gasteiger partial charge in [0, 0.05) is 31.6 Å². The minimum absolute atomic E-state index is 0.616. The van der Waals surface area contributed by atoms with Gasteiger partial charge in [-0.05, 0) is 37.3 Å². The molecule has 1 atom stereocenters. The first-order valence-electron chi connectivity index (χ1n) is 7.78. The largest absolute Gasteiger partial charge is 0.354 e. The van der Waals surface area contributed by atoms with E-state index >= 15 is 0 Å². The minimum atomic E-state index is 0.616. The number of anilines is 1. The maximum absolute atomic E-state index is 4.88. The number of thioether (sulfide) groups is 1. The molecule has 1 fully saturated rings. The van der Waals surface area contributed by atoms with Crippen molar-refractivity contribution in [3.05, 3.63) is 30.1 Å². The van der Waals surface area contributed by atoms with Crippen molar-refractivity contribution < 1.29 is 0 Å². The van der Waals surface area contributed by atoms with E-state index in [0.29, 0.717) is 6.04 Å². The summed E-state index contributed by atoms with van der Waals surface area (Å²) >= 11 is 2.05. The number of rotatable bonds is 6. The molecule has 0 aliphatic carbocycles. The third-order valence-corrected chi connectivity index (χ3v) is 5.26. The Kier molecular flexibility index (Phi) is 4.70. The van der Waals surface area contributed by atoms with Crippen LogP contribution in [0.4, 0.5) is 5.82 Å². The number of aromatic nitrogens is 2. The molecule has 5 heteroatoms. The number of hydrogen-bond donors (Lipinski definition) is 1. The monoisotopic (exact) mass is 304 g/mol. The molecule has 1 aliphatic heterocycles. The van der Waals surface area contributed by atoms with Crippen LogP contribution in [0.2, 0.25) is 0 Å². The highest BCUT2D eigenvalue weighted by molar-refractivity contribution is 7.99. The Balaban J connectivity index is 1.93. The van der Waals surface area contributed by atoms with Crippen molar-refractivity contribution >= 4 is 23.2 Å². The standard InChI is InChI=1S/C16H24N4S/c1-3-8-17-11-14-16(19(2)13-7-10-21-12-13)18-15-6-4-5-9-20(14)15/h4-6,9,13,17H,3,7-8,10-12H2,1-2H3. The summed E-state index contributed by atoms with van der Waals surface area (Å²) in [5.74, 6) is 3.62. The number of fused-ring (bicyclic) bond motifs is 1. The third-order valence-electron chi connectivity index (χ3n) is 4.11. The van der Waals surface area contributed by atoms with E-state index in [1.54, 1.807) is 0 Å². The highest BCUT2D eigenvalue weighted by atomic mass is 32.2. The number of imidazole rings is 1. The molecule has 3 heterocycles. The fraction of sp³-hybridized carbons (Fsp3) is 0.562. The van der Waals surface area contributed by atoms with Crippen molar-refractivity contribution in [2.24, 2.45) is 0 Å². The molecule has 21 heavy (non-hydrogen) atoms. The average molecular weight is 304 g/mol. The van der Waals surface area contributed by atoms with E-state index in [-0.39, 0.29) is 0 Å². The van der Waals surface area contributed by atoms with Crippen molar-refractivity contribution in [2.75, 3.05) is 30.0 Å². The number of hydrogen-bond acceptors (Lipinski definition) is 4. The molecule has 0 amide bonds. The first kappa shape index (κ1) is 14.7. The van der Waals surface area contributed by atoms with Crippen LogP contribution in [0.3, 0.4) is 0 Å². The molecule has 0 aromatic carbocycles. The summed E-state index contributed by atoms with van der Waals surface area (Å²) in [5.41, 5.74) is 2.32. The highest BCUT2D eigenvalue weighted by Gasteiger charge is 2.24. The maximum atomic E-state index is 4.88. The molecule has 1 N–H and O–H groups in total. The van der Waals surface area contributed by atoms with Gasteiger partial charge in [-0.3, -0.25) is 0 Å². The molecule has 0 bridgehead atoms. The quantitative estimate of drug-likeness (QED) is 0.832. The second kappa shape index (κ2) is 6.71. The predicted octanol–water partition coefficient (Wildman–Crippen LogP) is 2.78. The number of nitrogens with zero attached hydrogens (tertiary/aromatic N) is 3. The summed E-state index contributed by atoms with van der Waals surface area (Å²) in [4.78, 5) is 7.26. The van der Waals surface area contributed by atoms with E-state index in [1.807, 2.05) is 11.8 Å². The van der Waals surface area contributed by atoms with Gasteiger partial charge in [0.25, 0.3) is 0 Å². The van der Waals surface area contributed by atoms with Gasteiger partial charge < -0.3 is 14.6 Å². The molecule has 4 nitrogen and oxygen atoms in total. The number of nitrogens with one attached hydrogen (secondary N) is 1. The first-order chi connectivity index (χ1) is 10.3. The summed E-state index contributed by atoms with van der Waals surface area (Å²) in [6.45, 7) is 4.12. The van der Waals surface area contributed by atoms with Gasteiger partial charge in [-0.15, -0.1) is 0 Å². The fourth-order valence-electron chi connectivity index (χ4n) is 2.86. The van der Waals surface area contributed by atoms with Crippen LogP contribution in [-0.2, 0) is 6.54 Å². The van der Waals surface area contributed by atoms with Crippen molar-refractivity contribution in [3.63, 3.8) is 0 Å². The van der Waals surface area contributed by atoms with E-state index in [0.717, 1.165) is 31.0 Å². The molecule has 1 aliphatic rings. The molecule has 1 saturated heterocycles. The predicted molar refractivity (Wildman–Crippen MR) is 91.3 cm³/mol. The molecule has 2 aromatic rings. The maximum Gasteiger partial charge on any atom is 0.152 e. The zero-order valence-corrected chi connectivity index (χ0v) is 13.7. The highest BCUT2D eigenvalue weighted by Crippen LogP contribution is 2.28. The van der Waals surface area contributed by atoms with E-state index in [2.05, 4.69) is 53.0 Å². The minimum Gasteiger partial charge on any atom is -0.354 e. The van der Waals surface area contributed by atoms with Gasteiger partial charge in [0.05, 0.1) is 5.69 Å². The third kappa shape index (κ3) is 3.04. The van der Waals surface area contributed by atoms with E-state index in [4.69, 9.17) is 4.98 Å². The van der Waals surface area contributed by atoms with E-state index in [1.165, 1.54) is 23.6 Å². The van der Waals surface area contributed by atoms with Gasteiger partial charge in [-0.1, -0.05) is 13.0 Å². The van der Waals surface area contributed by atoms with Gasteiger partial charge in [0.15, 0.2) is 5.82 Å². The summed E-state index contributed by atoms with van der Waals surface area (Å²) in [5, 5.41) is 3.52. The van der Waals surface area contributed by atoms with Crippen LogP contribution in [0.1, 0.15) is 25.5 Å². The lowest BCUT2D eigenvalue weighted by Gasteiger charge is -2.25. The molecule has 0 saturated carbocycles. The number of pyridine rings is 1. The lowest BCUT2D eigenvalue weighted by molar-refractivity contribution is 0.648. The lowest BCUT2D eigenvalue weighted by Crippen LogP contribution is -2.33. The summed E-state index contributed by atoms with van der Waals surface area (Å²) in [6, 6.07) is 6.84. The molecule has 3 rings (SSSR count). The van der Waals surface area contributed by atoms with Crippen LogP contribution in [0.25, 0.3) is 5.65 Å². The molecular formula is C16H24N4S. The lowest BCUT2D eigenvalue weighted by atomic mass is 10.2. The van der Waals surface area contributed by atoms with Gasteiger partial charge in [0.2, 0.25) is 0 Å². The molecule has 1 unspecified atom stereocenters. The molecular weight excluding hydrogens is 280 g/mol. The van der Waals surface area contributed by atoms with Crippen molar-refractivity contribution in [2.45, 2.75) is 32.4 Å². The Morgan fingerprint density at radius 2 is 2.38 bits per heavy atom.